The number of urea groups is 1. The monoisotopic (exact) mass is 605 g/mol. The van der Waals surface area contributed by atoms with Gasteiger partial charge in [-0.05, 0) is 70.4 Å². The molecule has 3 N–H and O–H groups in total. The van der Waals surface area contributed by atoms with E-state index >= 15 is 0 Å². The third-order valence-corrected chi connectivity index (χ3v) is 7.21. The molecule has 11 heteroatoms. The quantitative estimate of drug-likeness (QED) is 0.291. The van der Waals surface area contributed by atoms with Gasteiger partial charge in [-0.15, -0.1) is 11.3 Å². The predicted molar refractivity (Wildman–Crippen MR) is 148 cm³/mol. The number of thiophene rings is 1. The van der Waals surface area contributed by atoms with Gasteiger partial charge in [0, 0.05) is 11.3 Å². The molecule has 1 aliphatic rings. The topological polar surface area (TPSA) is 108 Å². The third kappa shape index (κ3) is 6.97. The minimum atomic E-state index is -1.21. The number of halogens is 2. The van der Waals surface area contributed by atoms with Crippen molar-refractivity contribution in [2.24, 2.45) is 0 Å². The summed E-state index contributed by atoms with van der Waals surface area (Å²) in [6.45, 7) is 5.72. The number of aryl methyl sites for hydroxylation is 1. The van der Waals surface area contributed by atoms with E-state index < -0.39 is 35.7 Å². The number of hydrogen-bond acceptors (Lipinski definition) is 6. The molecule has 3 aromatic rings. The lowest BCUT2D eigenvalue weighted by Gasteiger charge is -2.24. The molecule has 4 rings (SSSR count). The molecule has 1 unspecified atom stereocenters. The highest BCUT2D eigenvalue weighted by Gasteiger charge is 2.45. The summed E-state index contributed by atoms with van der Waals surface area (Å²) in [6.07, 6.45) is 0.0649. The van der Waals surface area contributed by atoms with Crippen molar-refractivity contribution in [2.45, 2.75) is 39.3 Å². The van der Waals surface area contributed by atoms with Crippen molar-refractivity contribution in [2.75, 3.05) is 18.5 Å². The molecular formula is C27H29BrFN3O5S. The Morgan fingerprint density at radius 1 is 1.18 bits per heavy atom. The molecule has 4 amide bonds. The van der Waals surface area contributed by atoms with E-state index in [0.717, 1.165) is 13.6 Å². The van der Waals surface area contributed by atoms with Crippen molar-refractivity contribution >= 4 is 50.8 Å². The van der Waals surface area contributed by atoms with Gasteiger partial charge in [0.25, 0.3) is 5.91 Å². The molecule has 2 heterocycles. The summed E-state index contributed by atoms with van der Waals surface area (Å²) in [5.41, 5.74) is 1.16. The molecule has 1 aliphatic heterocycles. The first-order valence-corrected chi connectivity index (χ1v) is 13.7. The van der Waals surface area contributed by atoms with Gasteiger partial charge in [0.1, 0.15) is 30.3 Å². The van der Waals surface area contributed by atoms with Crippen LogP contribution in [-0.2, 0) is 16.0 Å². The van der Waals surface area contributed by atoms with E-state index in [2.05, 4.69) is 26.6 Å². The molecule has 38 heavy (non-hydrogen) atoms. The summed E-state index contributed by atoms with van der Waals surface area (Å²) >= 11 is 4.76. The molecule has 0 aliphatic carbocycles. The lowest BCUT2D eigenvalue weighted by Crippen LogP contribution is -2.49. The average Bonchev–Trinajstić information content (AvgIpc) is 3.45. The van der Waals surface area contributed by atoms with E-state index in [4.69, 9.17) is 9.84 Å². The number of carbonyl (C=O) groups excluding carboxylic acids is 3. The molecule has 0 bridgehead atoms. The van der Waals surface area contributed by atoms with E-state index in [0.29, 0.717) is 16.9 Å². The van der Waals surface area contributed by atoms with E-state index in [1.807, 2.05) is 19.9 Å². The fourth-order valence-electron chi connectivity index (χ4n) is 3.83. The molecule has 8 nitrogen and oxygen atoms in total. The number of rotatable bonds is 9. The van der Waals surface area contributed by atoms with Crippen LogP contribution in [-0.4, -0.2) is 47.1 Å². The summed E-state index contributed by atoms with van der Waals surface area (Å²) in [5, 5.41) is 14.1. The Balaban J connectivity index is 0.00000195. The number of amides is 4. The maximum Gasteiger partial charge on any atom is 0.325 e. The molecule has 1 aromatic heterocycles. The van der Waals surface area contributed by atoms with Crippen LogP contribution in [0.15, 0.2) is 58.4 Å². The first kappa shape index (κ1) is 29.3. The minimum Gasteiger partial charge on any atom is -0.491 e. The standard InChI is InChI=1S/C25H23BrFN3O5S.C2H6/c1-14-2-8-19(18(27)12-14)28-23(32)20(13-17-7-9-21(26)36-17)30-24(33)22(29-25(30)34)15-3-5-16(6-4-15)35-11-10-31;1-2/h2-9,12,20,22,31H,10-11,13H2,1H3,(H,28,32)(H,29,34);1-2H3/t20?,22-;/m1./s1. The maximum absolute atomic E-state index is 14.4. The number of aliphatic hydroxyl groups excluding tert-OH is 1. The maximum atomic E-state index is 14.4. The fraction of sp³-hybridized carbons (Fsp3) is 0.296. The lowest BCUT2D eigenvalue weighted by atomic mass is 10.1. The van der Waals surface area contributed by atoms with E-state index in [1.165, 1.54) is 23.5 Å². The van der Waals surface area contributed by atoms with Gasteiger partial charge in [-0.1, -0.05) is 32.0 Å². The molecule has 2 atom stereocenters. The summed E-state index contributed by atoms with van der Waals surface area (Å²) in [4.78, 5) is 41.4. The number of imide groups is 1. The molecule has 0 radical (unpaired) electrons. The third-order valence-electron chi connectivity index (χ3n) is 5.56. The van der Waals surface area contributed by atoms with Crippen LogP contribution in [0.2, 0.25) is 0 Å². The van der Waals surface area contributed by atoms with E-state index in [9.17, 15) is 18.8 Å². The molecule has 0 saturated carbocycles. The highest BCUT2D eigenvalue weighted by atomic mass is 79.9. The van der Waals surface area contributed by atoms with Gasteiger partial charge in [0.2, 0.25) is 5.91 Å². The molecule has 1 fully saturated rings. The van der Waals surface area contributed by atoms with Crippen LogP contribution in [0.1, 0.15) is 35.9 Å². The van der Waals surface area contributed by atoms with Crippen LogP contribution in [0.25, 0.3) is 0 Å². The summed E-state index contributed by atoms with van der Waals surface area (Å²) in [5.74, 6) is -1.38. The van der Waals surface area contributed by atoms with Crippen LogP contribution in [0, 0.1) is 12.7 Å². The Kier molecular flexibility index (Phi) is 10.4. The van der Waals surface area contributed by atoms with Crippen molar-refractivity contribution in [1.29, 1.82) is 0 Å². The number of benzene rings is 2. The molecule has 2 aromatic carbocycles. The highest BCUT2D eigenvalue weighted by Crippen LogP contribution is 2.29. The largest absolute Gasteiger partial charge is 0.491 e. The Bertz CT molecular complexity index is 1280. The highest BCUT2D eigenvalue weighted by molar-refractivity contribution is 9.11. The lowest BCUT2D eigenvalue weighted by molar-refractivity contribution is -0.134. The number of nitrogens with zero attached hydrogens (tertiary/aromatic N) is 1. The minimum absolute atomic E-state index is 0.0370. The molecule has 1 saturated heterocycles. The number of anilines is 1. The summed E-state index contributed by atoms with van der Waals surface area (Å²) < 4.78 is 20.6. The van der Waals surface area contributed by atoms with Crippen molar-refractivity contribution in [1.82, 2.24) is 10.2 Å². The van der Waals surface area contributed by atoms with Crippen LogP contribution >= 0.6 is 27.3 Å². The van der Waals surface area contributed by atoms with Gasteiger partial charge in [0.15, 0.2) is 0 Å². The Hall–Kier alpha value is -3.28. The first-order valence-electron chi connectivity index (χ1n) is 12.0. The SMILES string of the molecule is CC.Cc1ccc(NC(=O)C(Cc2ccc(Br)s2)N2C(=O)N[C@H](c3ccc(OCCO)cc3)C2=O)c(F)c1. The van der Waals surface area contributed by atoms with Crippen molar-refractivity contribution in [3.63, 3.8) is 0 Å². The van der Waals surface area contributed by atoms with Gasteiger partial charge in [-0.2, -0.15) is 0 Å². The molecular weight excluding hydrogens is 577 g/mol. The van der Waals surface area contributed by atoms with Gasteiger partial charge in [-0.3, -0.25) is 9.59 Å². The number of carbonyl (C=O) groups is 3. The average molecular weight is 607 g/mol. The number of hydrogen-bond donors (Lipinski definition) is 3. The Labute approximate surface area is 232 Å². The second-order valence-electron chi connectivity index (χ2n) is 8.13. The second-order valence-corrected chi connectivity index (χ2v) is 10.7. The zero-order chi connectivity index (χ0) is 27.8. The Morgan fingerprint density at radius 3 is 2.50 bits per heavy atom. The van der Waals surface area contributed by atoms with Gasteiger partial charge in [0.05, 0.1) is 16.1 Å². The summed E-state index contributed by atoms with van der Waals surface area (Å²) in [6, 6.07) is 11.6. The smallest absolute Gasteiger partial charge is 0.325 e. The van der Waals surface area contributed by atoms with Crippen molar-refractivity contribution in [3.8, 4) is 5.75 Å². The predicted octanol–water partition coefficient (Wildman–Crippen LogP) is 5.20. The number of aliphatic hydroxyl groups is 1. The van der Waals surface area contributed by atoms with Crippen LogP contribution in [0.4, 0.5) is 14.9 Å². The zero-order valence-corrected chi connectivity index (χ0v) is 23.6. The molecule has 0 spiro atoms. The second kappa shape index (κ2) is 13.5. The summed E-state index contributed by atoms with van der Waals surface area (Å²) in [7, 11) is 0. The van der Waals surface area contributed by atoms with Crippen molar-refractivity contribution in [3.05, 3.63) is 80.2 Å². The zero-order valence-electron chi connectivity index (χ0n) is 21.2. The first-order chi connectivity index (χ1) is 18.3. The van der Waals surface area contributed by atoms with Gasteiger partial charge < -0.3 is 20.5 Å². The van der Waals surface area contributed by atoms with Crippen LogP contribution < -0.4 is 15.4 Å². The van der Waals surface area contributed by atoms with Gasteiger partial charge >= 0.3 is 6.03 Å². The van der Waals surface area contributed by atoms with Crippen LogP contribution in [0.5, 0.6) is 5.75 Å². The number of nitrogens with one attached hydrogen (secondary N) is 2. The Morgan fingerprint density at radius 2 is 1.89 bits per heavy atom. The van der Waals surface area contributed by atoms with Crippen molar-refractivity contribution < 1.29 is 28.6 Å². The van der Waals surface area contributed by atoms with Crippen LogP contribution in [0.3, 0.4) is 0 Å². The van der Waals surface area contributed by atoms with Gasteiger partial charge in [-0.25, -0.2) is 14.1 Å². The fourth-order valence-corrected chi connectivity index (χ4v) is 5.35. The number of ether oxygens (including phenoxy) is 1. The van der Waals surface area contributed by atoms with E-state index in [1.54, 1.807) is 43.3 Å². The van der Waals surface area contributed by atoms with E-state index in [-0.39, 0.29) is 25.3 Å². The molecule has 202 valence electrons. The normalized spacial score (nSPS) is 15.4.